The number of carbonyl (C=O) groups excluding carboxylic acids is 1. The Balaban J connectivity index is 1.51. The molecular formula is C32H36N6O2. The number of aromatic nitrogens is 4. The van der Waals surface area contributed by atoms with Crippen molar-refractivity contribution >= 4 is 16.8 Å². The van der Waals surface area contributed by atoms with Crippen molar-refractivity contribution in [3.8, 4) is 5.75 Å². The molecule has 4 N–H and O–H groups in total. The second kappa shape index (κ2) is 11.8. The lowest BCUT2D eigenvalue weighted by Gasteiger charge is -2.25. The molecule has 0 aliphatic rings. The lowest BCUT2D eigenvalue weighted by molar-refractivity contribution is -0.126. The molecule has 206 valence electrons. The highest BCUT2D eigenvalue weighted by Crippen LogP contribution is 2.24. The number of benzene rings is 3. The fourth-order valence-electron chi connectivity index (χ4n) is 4.86. The fraction of sp³-hybridized carbons (Fsp3) is 0.281. The quantitative estimate of drug-likeness (QED) is 0.226. The highest BCUT2D eigenvalue weighted by Gasteiger charge is 2.29. The summed E-state index contributed by atoms with van der Waals surface area (Å²) < 4.78 is 7.49. The van der Waals surface area contributed by atoms with Crippen LogP contribution in [-0.4, -0.2) is 38.3 Å². The van der Waals surface area contributed by atoms with Crippen molar-refractivity contribution < 1.29 is 9.53 Å². The predicted molar refractivity (Wildman–Crippen MR) is 157 cm³/mol. The van der Waals surface area contributed by atoms with Gasteiger partial charge in [0.1, 0.15) is 11.6 Å². The van der Waals surface area contributed by atoms with Gasteiger partial charge in [-0.3, -0.25) is 4.79 Å². The van der Waals surface area contributed by atoms with E-state index in [1.165, 1.54) is 10.9 Å². The van der Waals surface area contributed by atoms with E-state index in [1.54, 1.807) is 21.0 Å². The van der Waals surface area contributed by atoms with E-state index in [2.05, 4.69) is 61.6 Å². The Bertz CT molecular complexity index is 1560. The van der Waals surface area contributed by atoms with Crippen molar-refractivity contribution in [2.24, 2.45) is 5.73 Å². The summed E-state index contributed by atoms with van der Waals surface area (Å²) >= 11 is 0. The first-order valence-electron chi connectivity index (χ1n) is 13.6. The Morgan fingerprint density at radius 3 is 2.42 bits per heavy atom. The summed E-state index contributed by atoms with van der Waals surface area (Å²) in [7, 11) is 1.66. The number of nitrogens with one attached hydrogen (secondary N) is 2. The molecule has 0 saturated carbocycles. The topological polar surface area (TPSA) is 111 Å². The first kappa shape index (κ1) is 27.1. The van der Waals surface area contributed by atoms with Gasteiger partial charge in [-0.25, -0.2) is 0 Å². The van der Waals surface area contributed by atoms with Gasteiger partial charge in [-0.15, -0.1) is 10.2 Å². The summed E-state index contributed by atoms with van der Waals surface area (Å²) in [6.07, 6.45) is 4.12. The summed E-state index contributed by atoms with van der Waals surface area (Å²) in [5, 5.41) is 13.7. The van der Waals surface area contributed by atoms with Crippen LogP contribution in [0.2, 0.25) is 0 Å². The van der Waals surface area contributed by atoms with E-state index in [-0.39, 0.29) is 5.91 Å². The smallest absolute Gasteiger partial charge is 0.240 e. The number of nitrogens with two attached hydrogens (primary N) is 1. The molecule has 5 rings (SSSR count). The molecule has 1 atom stereocenters. The van der Waals surface area contributed by atoms with Crippen LogP contribution < -0.4 is 15.8 Å². The van der Waals surface area contributed by atoms with E-state index < -0.39 is 11.6 Å². The molecule has 8 heteroatoms. The second-order valence-corrected chi connectivity index (χ2v) is 10.7. The summed E-state index contributed by atoms with van der Waals surface area (Å²) in [5.74, 6) is 2.11. The molecular weight excluding hydrogens is 500 g/mol. The van der Waals surface area contributed by atoms with Gasteiger partial charge < -0.3 is 25.3 Å². The summed E-state index contributed by atoms with van der Waals surface area (Å²) in [5.41, 5.74) is 9.65. The average molecular weight is 537 g/mol. The van der Waals surface area contributed by atoms with Crippen LogP contribution in [0.3, 0.4) is 0 Å². The van der Waals surface area contributed by atoms with Gasteiger partial charge in [0.2, 0.25) is 5.91 Å². The van der Waals surface area contributed by atoms with Crippen LogP contribution in [0, 0.1) is 0 Å². The van der Waals surface area contributed by atoms with Gasteiger partial charge in [-0.1, -0.05) is 60.7 Å². The molecule has 0 fully saturated rings. The molecule has 8 nitrogen and oxygen atoms in total. The lowest BCUT2D eigenvalue weighted by Crippen LogP contribution is -2.50. The number of amides is 1. The summed E-state index contributed by atoms with van der Waals surface area (Å²) in [6, 6.07) is 25.9. The number of carbonyl (C=O) groups is 1. The molecule has 40 heavy (non-hydrogen) atoms. The van der Waals surface area contributed by atoms with E-state index in [9.17, 15) is 4.79 Å². The van der Waals surface area contributed by atoms with Crippen LogP contribution in [0.15, 0.2) is 85.1 Å². The van der Waals surface area contributed by atoms with Crippen LogP contribution in [0.5, 0.6) is 5.75 Å². The monoisotopic (exact) mass is 536 g/mol. The zero-order valence-electron chi connectivity index (χ0n) is 23.2. The first-order valence-corrected chi connectivity index (χ1v) is 13.6. The van der Waals surface area contributed by atoms with Gasteiger partial charge in [-0.05, 0) is 61.6 Å². The van der Waals surface area contributed by atoms with Crippen LogP contribution in [0.4, 0.5) is 0 Å². The van der Waals surface area contributed by atoms with Crippen LogP contribution in [-0.2, 0) is 30.6 Å². The molecule has 0 radical (unpaired) electrons. The zero-order valence-corrected chi connectivity index (χ0v) is 23.2. The van der Waals surface area contributed by atoms with Crippen LogP contribution in [0.1, 0.15) is 48.2 Å². The molecule has 3 aromatic carbocycles. The minimum Gasteiger partial charge on any atom is -0.497 e. The van der Waals surface area contributed by atoms with Gasteiger partial charge in [0.25, 0.3) is 0 Å². The number of hydrogen-bond donors (Lipinski definition) is 3. The van der Waals surface area contributed by atoms with E-state index in [4.69, 9.17) is 10.5 Å². The molecule has 0 saturated heterocycles. The largest absolute Gasteiger partial charge is 0.497 e. The van der Waals surface area contributed by atoms with Crippen molar-refractivity contribution in [2.75, 3.05) is 7.11 Å². The Morgan fingerprint density at radius 2 is 1.70 bits per heavy atom. The van der Waals surface area contributed by atoms with E-state index in [1.807, 2.05) is 48.5 Å². The number of aromatic amines is 1. The SMILES string of the molecule is COc1ccc(Cn2c(CCc3c[nH]c4ccccc34)nnc2[C@@H](Cc2ccccc2)NC(=O)C(C)(C)N)cc1. The standard InChI is InChI=1S/C32H36N6O2/c1-32(2,33)31(39)35-28(19-22-9-5-4-6-10-22)30-37-36-29(38(30)21-23-13-16-25(40-3)17-14-23)18-15-24-20-34-27-12-8-7-11-26(24)27/h4-14,16-17,20,28,34H,15,18-19,21,33H2,1-3H3,(H,35,39)/t28-/m1/s1. The number of fused-ring (bicyclic) bond motifs is 1. The molecule has 2 aromatic heterocycles. The number of nitrogens with zero attached hydrogens (tertiary/aromatic N) is 3. The van der Waals surface area contributed by atoms with Gasteiger partial charge in [0.05, 0.1) is 25.2 Å². The maximum atomic E-state index is 13.1. The number of rotatable bonds is 11. The van der Waals surface area contributed by atoms with Crippen molar-refractivity contribution in [3.05, 3.63) is 113 Å². The van der Waals surface area contributed by atoms with E-state index in [0.717, 1.165) is 34.6 Å². The fourth-order valence-corrected chi connectivity index (χ4v) is 4.86. The lowest BCUT2D eigenvalue weighted by atomic mass is 10.0. The molecule has 2 heterocycles. The predicted octanol–water partition coefficient (Wildman–Crippen LogP) is 4.74. The minimum atomic E-state index is -1.03. The number of aryl methyl sites for hydroxylation is 2. The third kappa shape index (κ3) is 6.24. The van der Waals surface area contributed by atoms with Gasteiger partial charge in [-0.2, -0.15) is 0 Å². The Labute approximate surface area is 234 Å². The van der Waals surface area contributed by atoms with Crippen LogP contribution in [0.25, 0.3) is 10.9 Å². The van der Waals surface area contributed by atoms with E-state index in [0.29, 0.717) is 25.2 Å². The number of ether oxygens (including phenoxy) is 1. The Kier molecular flexibility index (Phi) is 7.98. The van der Waals surface area contributed by atoms with Crippen molar-refractivity contribution in [1.82, 2.24) is 25.1 Å². The molecule has 0 aliphatic heterocycles. The number of para-hydroxylation sites is 1. The number of methoxy groups -OCH3 is 1. The van der Waals surface area contributed by atoms with Crippen molar-refractivity contribution in [3.63, 3.8) is 0 Å². The molecule has 0 aliphatic carbocycles. The normalized spacial score (nSPS) is 12.4. The van der Waals surface area contributed by atoms with Gasteiger partial charge in [0, 0.05) is 23.5 Å². The van der Waals surface area contributed by atoms with E-state index >= 15 is 0 Å². The summed E-state index contributed by atoms with van der Waals surface area (Å²) in [6.45, 7) is 3.97. The zero-order chi connectivity index (χ0) is 28.1. The second-order valence-electron chi connectivity index (χ2n) is 10.7. The highest BCUT2D eigenvalue weighted by atomic mass is 16.5. The maximum Gasteiger partial charge on any atom is 0.240 e. The molecule has 0 spiro atoms. The molecule has 5 aromatic rings. The third-order valence-electron chi connectivity index (χ3n) is 7.13. The Morgan fingerprint density at radius 1 is 0.975 bits per heavy atom. The molecule has 0 unspecified atom stereocenters. The first-order chi connectivity index (χ1) is 19.3. The van der Waals surface area contributed by atoms with Gasteiger partial charge in [0.15, 0.2) is 5.82 Å². The Hall–Kier alpha value is -4.43. The molecule has 0 bridgehead atoms. The minimum absolute atomic E-state index is 0.243. The molecule has 1 amide bonds. The maximum absolute atomic E-state index is 13.1. The highest BCUT2D eigenvalue weighted by molar-refractivity contribution is 5.85. The van der Waals surface area contributed by atoms with Crippen molar-refractivity contribution in [2.45, 2.75) is 51.2 Å². The number of hydrogen-bond acceptors (Lipinski definition) is 5. The third-order valence-corrected chi connectivity index (χ3v) is 7.13. The number of H-pyrrole nitrogens is 1. The van der Waals surface area contributed by atoms with Crippen LogP contribution >= 0.6 is 0 Å². The van der Waals surface area contributed by atoms with Crippen molar-refractivity contribution in [1.29, 1.82) is 0 Å². The van der Waals surface area contributed by atoms with Gasteiger partial charge >= 0.3 is 0 Å². The summed E-state index contributed by atoms with van der Waals surface area (Å²) in [4.78, 5) is 16.4. The average Bonchev–Trinajstić information content (AvgIpc) is 3.55.